The Kier molecular flexibility index (Phi) is 21.0. The molecule has 0 aromatic heterocycles. The highest BCUT2D eigenvalue weighted by Gasteiger charge is 1.38. The quantitative estimate of drug-likeness (QED) is 0.407. The fraction of sp³-hybridized carbons (Fsp3) is 1.00. The molecule has 4 heavy (non-hydrogen) atoms. The lowest BCUT2D eigenvalue weighted by atomic mass is 11.0. The molecule has 0 aromatic rings. The van der Waals surface area contributed by atoms with Crippen molar-refractivity contribution in [3.8, 4) is 0 Å². The van der Waals surface area contributed by atoms with Crippen LogP contribution < -0.4 is 0 Å². The average molecular weight is 101 g/mol. The highest BCUT2D eigenvalue weighted by Crippen LogP contribution is 1.59. The van der Waals surface area contributed by atoms with E-state index in [0.29, 0.717) is 0 Å². The smallest absolute Gasteiger partial charge is 0.0195 e. The highest BCUT2D eigenvalue weighted by molar-refractivity contribution is 6.17. The summed E-state index contributed by atoms with van der Waals surface area (Å²) in [5.41, 5.74) is 0. The summed E-state index contributed by atoms with van der Waals surface area (Å²) in [6.07, 6.45) is 0. The molecule has 0 aliphatic carbocycles. The van der Waals surface area contributed by atoms with E-state index in [9.17, 15) is 0 Å². The zero-order chi connectivity index (χ0) is 2.71. The summed E-state index contributed by atoms with van der Waals surface area (Å²) in [5.74, 6) is 0.722. The Hall–Kier alpha value is 0.580. The molecular weight excluding hydrogens is 94.9 g/mol. The SMILES string of the molecule is CCCl.Cl. The number of alkyl halides is 1. The Balaban J connectivity index is 0. The first-order valence-corrected chi connectivity index (χ1v) is 1.51. The van der Waals surface area contributed by atoms with Crippen molar-refractivity contribution in [1.82, 2.24) is 0 Å². The van der Waals surface area contributed by atoms with Crippen molar-refractivity contribution in [3.63, 3.8) is 0 Å². The van der Waals surface area contributed by atoms with Gasteiger partial charge in [-0.3, -0.25) is 0 Å². The molecular formula is C2H6Cl2. The van der Waals surface area contributed by atoms with Crippen LogP contribution >= 0.6 is 24.0 Å². The summed E-state index contributed by atoms with van der Waals surface area (Å²) in [6, 6.07) is 0. The van der Waals surface area contributed by atoms with E-state index in [4.69, 9.17) is 11.6 Å². The Morgan fingerprint density at radius 3 is 1.75 bits per heavy atom. The molecule has 0 nitrogen and oxygen atoms in total. The summed E-state index contributed by atoms with van der Waals surface area (Å²) >= 11 is 5.00. The molecule has 0 heterocycles. The monoisotopic (exact) mass is 100.0 g/mol. The maximum absolute atomic E-state index is 5.00. The third-order valence-electron chi connectivity index (χ3n) is 0. The van der Waals surface area contributed by atoms with Crippen LogP contribution in [-0.2, 0) is 0 Å². The first-order chi connectivity index (χ1) is 1.41. The second kappa shape index (κ2) is 9.55. The van der Waals surface area contributed by atoms with Crippen molar-refractivity contribution in [2.24, 2.45) is 0 Å². The summed E-state index contributed by atoms with van der Waals surface area (Å²) in [4.78, 5) is 0. The molecule has 28 valence electrons. The van der Waals surface area contributed by atoms with E-state index < -0.39 is 0 Å². The van der Waals surface area contributed by atoms with Crippen molar-refractivity contribution in [2.45, 2.75) is 6.92 Å². The number of hydrogen-bond donors (Lipinski definition) is 0. The van der Waals surface area contributed by atoms with Gasteiger partial charge in [-0.25, -0.2) is 0 Å². The first-order valence-electron chi connectivity index (χ1n) is 0.974. The molecule has 0 atom stereocenters. The Morgan fingerprint density at radius 2 is 1.75 bits per heavy atom. The molecule has 0 aliphatic heterocycles. The standard InChI is InChI=1S/C2H5Cl.ClH/c1-2-3;/h2H2,1H3;1H. The van der Waals surface area contributed by atoms with E-state index >= 15 is 0 Å². The fourth-order valence-corrected chi connectivity index (χ4v) is 0. The van der Waals surface area contributed by atoms with Crippen LogP contribution in [0.4, 0.5) is 0 Å². The number of rotatable bonds is 0. The topological polar surface area (TPSA) is 0 Å². The van der Waals surface area contributed by atoms with E-state index in [-0.39, 0.29) is 12.4 Å². The van der Waals surface area contributed by atoms with Gasteiger partial charge in [-0.1, -0.05) is 6.92 Å². The third kappa shape index (κ3) is 19.1. The summed E-state index contributed by atoms with van der Waals surface area (Å²) in [5, 5.41) is 0. The van der Waals surface area contributed by atoms with Crippen LogP contribution in [0.15, 0.2) is 0 Å². The minimum atomic E-state index is 0. The van der Waals surface area contributed by atoms with Gasteiger partial charge in [-0.05, 0) is 0 Å². The fourth-order valence-electron chi connectivity index (χ4n) is 0. The summed E-state index contributed by atoms with van der Waals surface area (Å²) in [7, 11) is 0. The van der Waals surface area contributed by atoms with Crippen LogP contribution in [0.1, 0.15) is 6.92 Å². The van der Waals surface area contributed by atoms with Crippen molar-refractivity contribution < 1.29 is 0 Å². The Morgan fingerprint density at radius 1 is 1.75 bits per heavy atom. The normalized spacial score (nSPS) is 4.50. The lowest BCUT2D eigenvalue weighted by molar-refractivity contribution is 1.51. The van der Waals surface area contributed by atoms with Gasteiger partial charge in [0.25, 0.3) is 0 Å². The molecule has 0 amide bonds. The minimum absolute atomic E-state index is 0. The first kappa shape index (κ1) is 8.82. The minimum Gasteiger partial charge on any atom is -0.147 e. The highest BCUT2D eigenvalue weighted by atomic mass is 35.5. The van der Waals surface area contributed by atoms with Crippen LogP contribution in [0, 0.1) is 0 Å². The molecule has 0 fully saturated rings. The molecule has 0 rings (SSSR count). The predicted octanol–water partition coefficient (Wildman–Crippen LogP) is 1.67. The zero-order valence-electron chi connectivity index (χ0n) is 2.49. The maximum Gasteiger partial charge on any atom is 0.0195 e. The largest absolute Gasteiger partial charge is 0.147 e. The number of hydrogen-bond acceptors (Lipinski definition) is 0. The van der Waals surface area contributed by atoms with Crippen molar-refractivity contribution in [3.05, 3.63) is 0 Å². The summed E-state index contributed by atoms with van der Waals surface area (Å²) < 4.78 is 0. The van der Waals surface area contributed by atoms with Gasteiger partial charge >= 0.3 is 0 Å². The Labute approximate surface area is 37.6 Å². The average Bonchev–Trinajstić information content (AvgIpc) is 0.918. The van der Waals surface area contributed by atoms with E-state index in [1.807, 2.05) is 6.92 Å². The zero-order valence-corrected chi connectivity index (χ0v) is 4.07. The summed E-state index contributed by atoms with van der Waals surface area (Å²) in [6.45, 7) is 1.89. The van der Waals surface area contributed by atoms with Gasteiger partial charge in [0.15, 0.2) is 0 Å². The van der Waals surface area contributed by atoms with Gasteiger partial charge < -0.3 is 0 Å². The van der Waals surface area contributed by atoms with Gasteiger partial charge in [0.05, 0.1) is 0 Å². The van der Waals surface area contributed by atoms with Crippen LogP contribution in [0.2, 0.25) is 0 Å². The van der Waals surface area contributed by atoms with E-state index in [0.717, 1.165) is 5.88 Å². The van der Waals surface area contributed by atoms with Crippen LogP contribution in [0.5, 0.6) is 0 Å². The van der Waals surface area contributed by atoms with Gasteiger partial charge in [0, 0.05) is 5.88 Å². The van der Waals surface area contributed by atoms with E-state index in [1.54, 1.807) is 0 Å². The van der Waals surface area contributed by atoms with Crippen LogP contribution in [-0.4, -0.2) is 5.88 Å². The van der Waals surface area contributed by atoms with E-state index in [1.165, 1.54) is 0 Å². The predicted molar refractivity (Wildman–Crippen MR) is 23.6 cm³/mol. The van der Waals surface area contributed by atoms with Crippen LogP contribution in [0.3, 0.4) is 0 Å². The van der Waals surface area contributed by atoms with Gasteiger partial charge in [-0.2, -0.15) is 0 Å². The molecule has 0 bridgehead atoms. The molecule has 0 aliphatic rings. The molecule has 0 unspecified atom stereocenters. The second-order valence-electron chi connectivity index (χ2n) is 0.267. The van der Waals surface area contributed by atoms with Crippen LogP contribution in [0.25, 0.3) is 0 Å². The third-order valence-corrected chi connectivity index (χ3v) is 0. The Bertz CT molecular complexity index is 4.00. The molecule has 0 spiro atoms. The molecule has 0 saturated carbocycles. The molecule has 0 radical (unpaired) electrons. The van der Waals surface area contributed by atoms with E-state index in [2.05, 4.69) is 0 Å². The lowest BCUT2D eigenvalue weighted by Crippen LogP contribution is -1.36. The molecule has 0 aromatic carbocycles. The maximum atomic E-state index is 5.00. The van der Waals surface area contributed by atoms with Gasteiger partial charge in [-0.15, -0.1) is 24.0 Å². The van der Waals surface area contributed by atoms with Gasteiger partial charge in [0.2, 0.25) is 0 Å². The molecule has 0 saturated heterocycles. The molecule has 2 heteroatoms. The van der Waals surface area contributed by atoms with Crippen molar-refractivity contribution in [1.29, 1.82) is 0 Å². The van der Waals surface area contributed by atoms with Gasteiger partial charge in [0.1, 0.15) is 0 Å². The van der Waals surface area contributed by atoms with Crippen molar-refractivity contribution >= 4 is 24.0 Å². The molecule has 0 N–H and O–H groups in total. The van der Waals surface area contributed by atoms with Crippen molar-refractivity contribution in [2.75, 3.05) is 5.88 Å². The second-order valence-corrected chi connectivity index (χ2v) is 0.802. The number of halogens is 2. The lowest BCUT2D eigenvalue weighted by Gasteiger charge is -1.45.